The number of ketones is 1. The van der Waals surface area contributed by atoms with Crippen LogP contribution in [0.2, 0.25) is 0 Å². The van der Waals surface area contributed by atoms with Crippen LogP contribution in [0.25, 0.3) is 11.0 Å². The Hall–Kier alpha value is -2.92. The average molecular weight is 450 g/mol. The van der Waals surface area contributed by atoms with Crippen molar-refractivity contribution in [2.75, 3.05) is 19.6 Å². The summed E-state index contributed by atoms with van der Waals surface area (Å²) in [5, 5.41) is 11.7. The van der Waals surface area contributed by atoms with Gasteiger partial charge in [0.25, 0.3) is 0 Å². The molecule has 0 radical (unpaired) electrons. The fraction of sp³-hybridized carbons (Fsp3) is 0.429. The first kappa shape index (κ1) is 24.7. The van der Waals surface area contributed by atoms with Crippen molar-refractivity contribution < 1.29 is 14.3 Å². The van der Waals surface area contributed by atoms with Gasteiger partial charge in [-0.05, 0) is 36.5 Å². The minimum Gasteiger partial charge on any atom is -0.507 e. The number of hydrogen-bond donors (Lipinski definition) is 1. The van der Waals surface area contributed by atoms with Crippen LogP contribution >= 0.6 is 0 Å². The van der Waals surface area contributed by atoms with E-state index in [2.05, 4.69) is 32.6 Å². The summed E-state index contributed by atoms with van der Waals surface area (Å²) in [6, 6.07) is 16.4. The Morgan fingerprint density at radius 1 is 0.909 bits per heavy atom. The summed E-state index contributed by atoms with van der Waals surface area (Å²) >= 11 is 0. The van der Waals surface area contributed by atoms with Crippen LogP contribution in [-0.2, 0) is 4.79 Å². The van der Waals surface area contributed by atoms with Gasteiger partial charge in [-0.2, -0.15) is 0 Å². The van der Waals surface area contributed by atoms with Gasteiger partial charge in [-0.3, -0.25) is 4.79 Å². The standard InChI is InChI=1S/C28H35NO4/c1-18(2)15-29(16-19(3)4)17-23(20(5)30)25(21-11-7-6-8-12-21)26-27(31)22-13-9-10-14-24(22)33-28(26)32/h6-14,18-19,23,25,31H,15-17H2,1-5H3/t23-,25-/m1/s1. The summed E-state index contributed by atoms with van der Waals surface area (Å²) in [6.07, 6.45) is 0. The highest BCUT2D eigenvalue weighted by Crippen LogP contribution is 2.39. The van der Waals surface area contributed by atoms with Crippen LogP contribution in [0.1, 0.15) is 51.7 Å². The van der Waals surface area contributed by atoms with Gasteiger partial charge in [0.15, 0.2) is 0 Å². The molecule has 0 spiro atoms. The van der Waals surface area contributed by atoms with Gasteiger partial charge in [0, 0.05) is 31.5 Å². The van der Waals surface area contributed by atoms with Crippen molar-refractivity contribution in [2.45, 2.75) is 40.5 Å². The molecular formula is C28H35NO4. The second kappa shape index (κ2) is 10.8. The van der Waals surface area contributed by atoms with Crippen molar-refractivity contribution in [3.05, 3.63) is 76.1 Å². The highest BCUT2D eigenvalue weighted by molar-refractivity contribution is 5.86. The maximum Gasteiger partial charge on any atom is 0.343 e. The molecule has 176 valence electrons. The van der Waals surface area contributed by atoms with Crippen molar-refractivity contribution in [1.29, 1.82) is 0 Å². The zero-order valence-corrected chi connectivity index (χ0v) is 20.2. The number of carbonyl (C=O) groups is 1. The molecule has 5 nitrogen and oxygen atoms in total. The second-order valence-electron chi connectivity index (χ2n) is 9.76. The molecule has 1 heterocycles. The van der Waals surface area contributed by atoms with Crippen LogP contribution < -0.4 is 5.63 Å². The van der Waals surface area contributed by atoms with E-state index < -0.39 is 17.5 Å². The molecule has 0 aliphatic rings. The summed E-state index contributed by atoms with van der Waals surface area (Å²) < 4.78 is 5.60. The maximum absolute atomic E-state index is 13.2. The molecule has 2 atom stereocenters. The first-order valence-electron chi connectivity index (χ1n) is 11.7. The molecule has 5 heteroatoms. The van der Waals surface area contributed by atoms with Crippen LogP contribution in [0.4, 0.5) is 0 Å². The average Bonchev–Trinajstić information content (AvgIpc) is 2.75. The van der Waals surface area contributed by atoms with Crippen LogP contribution in [-0.4, -0.2) is 35.4 Å². The Kier molecular flexibility index (Phi) is 8.09. The van der Waals surface area contributed by atoms with Gasteiger partial charge in [0.2, 0.25) is 0 Å². The zero-order valence-electron chi connectivity index (χ0n) is 20.2. The predicted molar refractivity (Wildman–Crippen MR) is 133 cm³/mol. The van der Waals surface area contributed by atoms with Gasteiger partial charge in [0.1, 0.15) is 17.1 Å². The van der Waals surface area contributed by atoms with E-state index in [4.69, 9.17) is 4.42 Å². The van der Waals surface area contributed by atoms with Gasteiger partial charge < -0.3 is 14.4 Å². The monoisotopic (exact) mass is 449 g/mol. The Balaban J connectivity index is 2.19. The first-order valence-corrected chi connectivity index (χ1v) is 11.7. The zero-order chi connectivity index (χ0) is 24.1. The van der Waals surface area contributed by atoms with E-state index in [0.29, 0.717) is 29.3 Å². The molecule has 3 rings (SSSR count). The van der Waals surface area contributed by atoms with Gasteiger partial charge in [0.05, 0.1) is 10.9 Å². The van der Waals surface area contributed by atoms with Crippen molar-refractivity contribution in [1.82, 2.24) is 4.90 Å². The molecule has 0 aliphatic carbocycles. The molecular weight excluding hydrogens is 414 g/mol. The summed E-state index contributed by atoms with van der Waals surface area (Å²) in [5.74, 6) is -0.392. The van der Waals surface area contributed by atoms with Crippen molar-refractivity contribution in [2.24, 2.45) is 17.8 Å². The van der Waals surface area contributed by atoms with E-state index in [1.54, 1.807) is 31.2 Å². The Bertz CT molecular complexity index is 1120. The smallest absolute Gasteiger partial charge is 0.343 e. The lowest BCUT2D eigenvalue weighted by Crippen LogP contribution is -2.40. The second-order valence-corrected chi connectivity index (χ2v) is 9.76. The number of Topliss-reactive ketones (excluding diaryl/α,β-unsaturated/α-hetero) is 1. The minimum atomic E-state index is -0.619. The Morgan fingerprint density at radius 3 is 2.06 bits per heavy atom. The van der Waals surface area contributed by atoms with Crippen LogP contribution in [0.3, 0.4) is 0 Å². The molecule has 0 aliphatic heterocycles. The van der Waals surface area contributed by atoms with Crippen molar-refractivity contribution in [3.8, 4) is 5.75 Å². The minimum absolute atomic E-state index is 0.0201. The van der Waals surface area contributed by atoms with E-state index >= 15 is 0 Å². The molecule has 0 saturated heterocycles. The number of para-hydroxylation sites is 1. The number of rotatable bonds is 10. The third-order valence-corrected chi connectivity index (χ3v) is 5.92. The number of carbonyl (C=O) groups excluding carboxylic acids is 1. The lowest BCUT2D eigenvalue weighted by molar-refractivity contribution is -0.121. The highest BCUT2D eigenvalue weighted by atomic mass is 16.4. The summed E-state index contributed by atoms with van der Waals surface area (Å²) in [5.41, 5.74) is 0.681. The number of nitrogens with zero attached hydrogens (tertiary/aromatic N) is 1. The number of benzene rings is 2. The molecule has 1 aromatic heterocycles. The molecule has 0 amide bonds. The van der Waals surface area contributed by atoms with Crippen molar-refractivity contribution >= 4 is 16.8 Å². The molecule has 0 bridgehead atoms. The lowest BCUT2D eigenvalue weighted by atomic mass is 9.78. The van der Waals surface area contributed by atoms with E-state index in [-0.39, 0.29) is 17.1 Å². The molecule has 33 heavy (non-hydrogen) atoms. The maximum atomic E-state index is 13.2. The van der Waals surface area contributed by atoms with Gasteiger partial charge >= 0.3 is 5.63 Å². The van der Waals surface area contributed by atoms with E-state index in [9.17, 15) is 14.7 Å². The molecule has 0 unspecified atom stereocenters. The largest absolute Gasteiger partial charge is 0.507 e. The van der Waals surface area contributed by atoms with E-state index in [1.807, 2.05) is 30.3 Å². The number of hydrogen-bond acceptors (Lipinski definition) is 5. The molecule has 0 saturated carbocycles. The third-order valence-electron chi connectivity index (χ3n) is 5.92. The number of fused-ring (bicyclic) bond motifs is 1. The highest BCUT2D eigenvalue weighted by Gasteiger charge is 2.35. The Labute approximate surface area is 196 Å². The van der Waals surface area contributed by atoms with Crippen molar-refractivity contribution in [3.63, 3.8) is 0 Å². The molecule has 0 fully saturated rings. The van der Waals surface area contributed by atoms with Crippen LogP contribution in [0.5, 0.6) is 5.75 Å². The van der Waals surface area contributed by atoms with E-state index in [0.717, 1.165) is 18.7 Å². The fourth-order valence-electron chi connectivity index (χ4n) is 4.69. The predicted octanol–water partition coefficient (Wildman–Crippen LogP) is 5.45. The Morgan fingerprint density at radius 2 is 1.48 bits per heavy atom. The summed E-state index contributed by atoms with van der Waals surface area (Å²) in [6.45, 7) is 12.4. The SMILES string of the molecule is CC(=O)[C@@H](CN(CC(C)C)CC(C)C)[C@@H](c1ccccc1)c1c(O)c2ccccc2oc1=O. The lowest BCUT2D eigenvalue weighted by Gasteiger charge is -2.33. The molecule has 3 aromatic rings. The molecule has 1 N–H and O–H groups in total. The summed E-state index contributed by atoms with van der Waals surface area (Å²) in [7, 11) is 0. The topological polar surface area (TPSA) is 70.8 Å². The normalized spacial score (nSPS) is 13.7. The van der Waals surface area contributed by atoms with Gasteiger partial charge in [-0.1, -0.05) is 70.2 Å². The third kappa shape index (κ3) is 5.91. The fourth-order valence-corrected chi connectivity index (χ4v) is 4.69. The molecule has 2 aromatic carbocycles. The quantitative estimate of drug-likeness (QED) is 0.417. The van der Waals surface area contributed by atoms with Crippen LogP contribution in [0, 0.1) is 17.8 Å². The first-order chi connectivity index (χ1) is 15.7. The van der Waals surface area contributed by atoms with Crippen LogP contribution in [0.15, 0.2) is 63.8 Å². The summed E-state index contributed by atoms with van der Waals surface area (Å²) in [4.78, 5) is 28.6. The van der Waals surface area contributed by atoms with Gasteiger partial charge in [-0.25, -0.2) is 4.79 Å². The van der Waals surface area contributed by atoms with Gasteiger partial charge in [-0.15, -0.1) is 0 Å². The number of aromatic hydroxyl groups is 1. The van der Waals surface area contributed by atoms with E-state index in [1.165, 1.54) is 0 Å².